The van der Waals surface area contributed by atoms with E-state index in [1.807, 2.05) is 6.92 Å². The summed E-state index contributed by atoms with van der Waals surface area (Å²) in [4.78, 5) is 0. The van der Waals surface area contributed by atoms with E-state index in [-0.39, 0.29) is 11.3 Å². The minimum absolute atomic E-state index is 0.181. The quantitative estimate of drug-likeness (QED) is 0.821. The summed E-state index contributed by atoms with van der Waals surface area (Å²) in [7, 11) is -2.80. The fourth-order valence-corrected chi connectivity index (χ4v) is 5.23. The lowest BCUT2D eigenvalue weighted by Crippen LogP contribution is -2.44. The highest BCUT2D eigenvalue weighted by molar-refractivity contribution is 7.92. The van der Waals surface area contributed by atoms with Crippen molar-refractivity contribution in [1.29, 1.82) is 0 Å². The van der Waals surface area contributed by atoms with Gasteiger partial charge < -0.3 is 5.32 Å². The molecule has 3 nitrogen and oxygen atoms in total. The van der Waals surface area contributed by atoms with Crippen molar-refractivity contribution in [3.05, 3.63) is 0 Å². The lowest BCUT2D eigenvalue weighted by Gasteiger charge is -2.32. The fourth-order valence-electron chi connectivity index (χ4n) is 3.56. The number of sulfone groups is 1. The molecule has 0 amide bonds. The monoisotopic (exact) mass is 257 g/mol. The smallest absolute Gasteiger partial charge is 0.154 e. The summed E-state index contributed by atoms with van der Waals surface area (Å²) in [6.07, 6.45) is 8.91. The van der Waals surface area contributed by atoms with E-state index in [2.05, 4.69) is 5.32 Å². The number of hydrogen-bond donors (Lipinski definition) is 1. The van der Waals surface area contributed by atoms with Gasteiger partial charge in [0, 0.05) is 12.1 Å². The molecule has 3 fully saturated rings. The standard InChI is InChI=1S/C13H23NO2S/c1-10-12(4-9-17(10,15)16)14-11-2-5-13(6-3-11)7-8-13/h10-12,14H,2-9H2,1H3/t10-,12-/m0/s1. The second-order valence-corrected chi connectivity index (χ2v) is 8.89. The van der Waals surface area contributed by atoms with Gasteiger partial charge >= 0.3 is 0 Å². The van der Waals surface area contributed by atoms with Crippen LogP contribution in [0.4, 0.5) is 0 Å². The average molecular weight is 257 g/mol. The van der Waals surface area contributed by atoms with E-state index >= 15 is 0 Å². The molecule has 2 saturated carbocycles. The van der Waals surface area contributed by atoms with Crippen LogP contribution in [0.3, 0.4) is 0 Å². The topological polar surface area (TPSA) is 46.2 Å². The van der Waals surface area contributed by atoms with Gasteiger partial charge in [-0.25, -0.2) is 8.42 Å². The second kappa shape index (κ2) is 3.95. The highest BCUT2D eigenvalue weighted by atomic mass is 32.2. The molecule has 1 spiro atoms. The molecule has 1 saturated heterocycles. The van der Waals surface area contributed by atoms with Crippen LogP contribution in [0.1, 0.15) is 51.9 Å². The van der Waals surface area contributed by atoms with Gasteiger partial charge in [-0.3, -0.25) is 0 Å². The third-order valence-electron chi connectivity index (χ3n) is 5.30. The van der Waals surface area contributed by atoms with Crippen LogP contribution < -0.4 is 5.32 Å². The lowest BCUT2D eigenvalue weighted by molar-refractivity contribution is 0.257. The SMILES string of the molecule is C[C@H]1[C@@H](NC2CCC3(CC2)CC3)CCS1(=O)=O. The summed E-state index contributed by atoms with van der Waals surface area (Å²) >= 11 is 0. The Balaban J connectivity index is 1.54. The number of rotatable bonds is 2. The summed E-state index contributed by atoms with van der Waals surface area (Å²) in [5.74, 6) is 0.377. The molecule has 1 aliphatic heterocycles. The normalized spacial score (nSPS) is 39.6. The molecule has 0 aromatic heterocycles. The van der Waals surface area contributed by atoms with Crippen molar-refractivity contribution in [2.24, 2.45) is 5.41 Å². The summed E-state index contributed by atoms with van der Waals surface area (Å²) in [5.41, 5.74) is 0.728. The average Bonchev–Trinajstić information content (AvgIpc) is 3.01. The van der Waals surface area contributed by atoms with Crippen LogP contribution in [0.15, 0.2) is 0 Å². The molecular weight excluding hydrogens is 234 g/mol. The van der Waals surface area contributed by atoms with Crippen LogP contribution in [0.5, 0.6) is 0 Å². The van der Waals surface area contributed by atoms with Gasteiger partial charge in [0.1, 0.15) is 0 Å². The maximum absolute atomic E-state index is 11.7. The van der Waals surface area contributed by atoms with Gasteiger partial charge in [0.05, 0.1) is 11.0 Å². The van der Waals surface area contributed by atoms with Gasteiger partial charge in [-0.05, 0) is 57.3 Å². The maximum Gasteiger partial charge on any atom is 0.154 e. The Bertz CT molecular complexity index is 390. The predicted octanol–water partition coefficient (Wildman–Crippen LogP) is 1.87. The van der Waals surface area contributed by atoms with Gasteiger partial charge in [0.25, 0.3) is 0 Å². The van der Waals surface area contributed by atoms with E-state index in [1.165, 1.54) is 38.5 Å². The minimum Gasteiger partial charge on any atom is -0.310 e. The van der Waals surface area contributed by atoms with E-state index < -0.39 is 9.84 Å². The molecule has 3 aliphatic rings. The van der Waals surface area contributed by atoms with E-state index in [0.29, 0.717) is 11.8 Å². The van der Waals surface area contributed by atoms with Gasteiger partial charge in [0.2, 0.25) is 0 Å². The first-order valence-corrected chi connectivity index (χ1v) is 8.70. The Hall–Kier alpha value is -0.0900. The molecule has 0 unspecified atom stereocenters. The van der Waals surface area contributed by atoms with Crippen molar-refractivity contribution in [2.75, 3.05) is 5.75 Å². The Morgan fingerprint density at radius 2 is 1.71 bits per heavy atom. The second-order valence-electron chi connectivity index (χ2n) is 6.41. The molecule has 3 rings (SSSR count). The van der Waals surface area contributed by atoms with E-state index in [9.17, 15) is 8.42 Å². The van der Waals surface area contributed by atoms with Gasteiger partial charge in [-0.1, -0.05) is 0 Å². The lowest BCUT2D eigenvalue weighted by atomic mass is 9.83. The van der Waals surface area contributed by atoms with E-state index in [0.717, 1.165) is 11.8 Å². The molecule has 0 aromatic rings. The highest BCUT2D eigenvalue weighted by Crippen LogP contribution is 2.56. The van der Waals surface area contributed by atoms with Crippen LogP contribution in [0, 0.1) is 5.41 Å². The molecule has 0 radical (unpaired) electrons. The van der Waals surface area contributed by atoms with Crippen LogP contribution in [-0.4, -0.2) is 31.5 Å². The van der Waals surface area contributed by atoms with Crippen molar-refractivity contribution in [3.8, 4) is 0 Å². The zero-order valence-electron chi connectivity index (χ0n) is 10.6. The Morgan fingerprint density at radius 1 is 1.06 bits per heavy atom. The molecule has 0 bridgehead atoms. The first-order valence-electron chi connectivity index (χ1n) is 6.98. The van der Waals surface area contributed by atoms with Gasteiger partial charge in [-0.2, -0.15) is 0 Å². The van der Waals surface area contributed by atoms with Crippen molar-refractivity contribution >= 4 is 9.84 Å². The van der Waals surface area contributed by atoms with Crippen LogP contribution in [0.25, 0.3) is 0 Å². The van der Waals surface area contributed by atoms with Crippen LogP contribution >= 0.6 is 0 Å². The predicted molar refractivity (Wildman–Crippen MR) is 68.7 cm³/mol. The summed E-state index contributed by atoms with van der Waals surface area (Å²) in [6, 6.07) is 0.778. The zero-order chi connectivity index (χ0) is 12.1. The number of nitrogens with one attached hydrogen (secondary N) is 1. The van der Waals surface area contributed by atoms with Crippen molar-refractivity contribution in [3.63, 3.8) is 0 Å². The Kier molecular flexibility index (Phi) is 2.78. The van der Waals surface area contributed by atoms with Gasteiger partial charge in [0.15, 0.2) is 9.84 Å². The largest absolute Gasteiger partial charge is 0.310 e. The maximum atomic E-state index is 11.7. The molecule has 0 aromatic carbocycles. The summed E-state index contributed by atoms with van der Waals surface area (Å²) in [5, 5.41) is 3.43. The van der Waals surface area contributed by atoms with E-state index in [1.54, 1.807) is 0 Å². The van der Waals surface area contributed by atoms with Crippen LogP contribution in [0.2, 0.25) is 0 Å². The molecule has 4 heteroatoms. The molecular formula is C13H23NO2S. The molecule has 17 heavy (non-hydrogen) atoms. The first-order chi connectivity index (χ1) is 8.01. The zero-order valence-corrected chi connectivity index (χ0v) is 11.4. The van der Waals surface area contributed by atoms with Crippen molar-refractivity contribution < 1.29 is 8.42 Å². The van der Waals surface area contributed by atoms with Crippen molar-refractivity contribution in [1.82, 2.24) is 5.32 Å². The third-order valence-corrected chi connectivity index (χ3v) is 7.57. The van der Waals surface area contributed by atoms with E-state index in [4.69, 9.17) is 0 Å². The molecule has 2 atom stereocenters. The molecule has 2 aliphatic carbocycles. The molecule has 98 valence electrons. The highest BCUT2D eigenvalue weighted by Gasteiger charge is 2.45. The minimum atomic E-state index is -2.80. The Morgan fingerprint density at radius 3 is 2.18 bits per heavy atom. The van der Waals surface area contributed by atoms with Crippen LogP contribution in [-0.2, 0) is 9.84 Å². The summed E-state index contributed by atoms with van der Waals surface area (Å²) in [6.45, 7) is 1.87. The first kappa shape index (κ1) is 12.0. The number of hydrogen-bond acceptors (Lipinski definition) is 3. The van der Waals surface area contributed by atoms with Gasteiger partial charge in [-0.15, -0.1) is 0 Å². The molecule has 1 heterocycles. The molecule has 1 N–H and O–H groups in total. The third kappa shape index (κ3) is 2.26. The van der Waals surface area contributed by atoms with Crippen molar-refractivity contribution in [2.45, 2.75) is 69.2 Å². The summed E-state index contributed by atoms with van der Waals surface area (Å²) < 4.78 is 23.4. The fraction of sp³-hybridized carbons (Fsp3) is 1.00. The Labute approximate surface area is 104 Å².